The van der Waals surface area contributed by atoms with Gasteiger partial charge in [-0.2, -0.15) is 5.26 Å². The Hall–Kier alpha value is -3.08. The maximum Gasteiger partial charge on any atom is 0.230 e. The first-order valence-electron chi connectivity index (χ1n) is 8.19. The summed E-state index contributed by atoms with van der Waals surface area (Å²) >= 11 is 2.62. The summed E-state index contributed by atoms with van der Waals surface area (Å²) in [7, 11) is 0. The van der Waals surface area contributed by atoms with Gasteiger partial charge in [-0.1, -0.05) is 30.3 Å². The number of rotatable bonds is 5. The monoisotopic (exact) mass is 390 g/mol. The molecular weight excluding hydrogens is 376 g/mol. The molecule has 0 spiro atoms. The highest BCUT2D eigenvalue weighted by atomic mass is 32.2. The van der Waals surface area contributed by atoms with Crippen molar-refractivity contribution in [1.29, 1.82) is 5.26 Å². The number of benzene rings is 2. The van der Waals surface area contributed by atoms with Crippen LogP contribution in [0.1, 0.15) is 5.69 Å². The fourth-order valence-corrected chi connectivity index (χ4v) is 3.98. The summed E-state index contributed by atoms with van der Waals surface area (Å²) in [6.45, 7) is 0. The molecule has 27 heavy (non-hydrogen) atoms. The Labute approximate surface area is 164 Å². The van der Waals surface area contributed by atoms with Gasteiger partial charge in [-0.25, -0.2) is 4.98 Å². The molecule has 2 heterocycles. The van der Waals surface area contributed by atoms with Crippen LogP contribution in [0.3, 0.4) is 0 Å². The molecule has 4 rings (SSSR count). The number of anilines is 1. The molecule has 2 aromatic carbocycles. The van der Waals surface area contributed by atoms with Crippen LogP contribution < -0.4 is 5.32 Å². The number of amides is 1. The van der Waals surface area contributed by atoms with Crippen LogP contribution in [0.2, 0.25) is 0 Å². The van der Waals surface area contributed by atoms with Gasteiger partial charge in [0, 0.05) is 33.4 Å². The van der Waals surface area contributed by atoms with Gasteiger partial charge < -0.3 is 5.32 Å². The largest absolute Gasteiger partial charge is 0.326 e. The molecule has 0 unspecified atom stereocenters. The van der Waals surface area contributed by atoms with Crippen LogP contribution in [0.5, 0.6) is 0 Å². The SMILES string of the molecule is N#CSc1ccc(NC(=O)Cc2csc3nc(-c4ccccc4)cn23)cc1. The summed E-state index contributed by atoms with van der Waals surface area (Å²) in [6.07, 6.45) is 2.23. The topological polar surface area (TPSA) is 70.2 Å². The fourth-order valence-electron chi connectivity index (χ4n) is 2.73. The summed E-state index contributed by atoms with van der Waals surface area (Å²) in [6, 6.07) is 17.2. The number of carbonyl (C=O) groups excluding carboxylic acids is 1. The molecule has 0 atom stereocenters. The molecule has 0 fully saturated rings. The Morgan fingerprint density at radius 3 is 2.70 bits per heavy atom. The van der Waals surface area contributed by atoms with Gasteiger partial charge in [-0.3, -0.25) is 9.20 Å². The van der Waals surface area contributed by atoms with Crippen LogP contribution >= 0.6 is 23.1 Å². The molecule has 0 aliphatic heterocycles. The zero-order chi connectivity index (χ0) is 18.6. The highest BCUT2D eigenvalue weighted by Gasteiger charge is 2.12. The molecule has 0 aliphatic carbocycles. The van der Waals surface area contributed by atoms with Crippen LogP contribution in [0.15, 0.2) is 71.1 Å². The second-order valence-electron chi connectivity index (χ2n) is 5.81. The number of hydrogen-bond acceptors (Lipinski definition) is 5. The second-order valence-corrected chi connectivity index (χ2v) is 7.51. The van der Waals surface area contributed by atoms with E-state index in [1.54, 1.807) is 12.1 Å². The van der Waals surface area contributed by atoms with Gasteiger partial charge in [0.05, 0.1) is 12.1 Å². The van der Waals surface area contributed by atoms with Gasteiger partial charge in [0.25, 0.3) is 0 Å². The molecule has 2 aromatic heterocycles. The van der Waals surface area contributed by atoms with Crippen molar-refractivity contribution in [2.45, 2.75) is 11.3 Å². The number of fused-ring (bicyclic) bond motifs is 1. The molecule has 132 valence electrons. The highest BCUT2D eigenvalue weighted by Crippen LogP contribution is 2.24. The molecule has 0 saturated carbocycles. The third kappa shape index (κ3) is 3.87. The zero-order valence-corrected chi connectivity index (χ0v) is 15.8. The van der Waals surface area contributed by atoms with Crippen molar-refractivity contribution in [3.63, 3.8) is 0 Å². The number of nitrogens with one attached hydrogen (secondary N) is 1. The van der Waals surface area contributed by atoms with E-state index in [0.29, 0.717) is 5.69 Å². The lowest BCUT2D eigenvalue weighted by atomic mass is 10.2. The number of aromatic nitrogens is 2. The zero-order valence-electron chi connectivity index (χ0n) is 14.1. The van der Waals surface area contributed by atoms with Gasteiger partial charge in [-0.15, -0.1) is 11.3 Å². The number of thiocyanates is 1. The third-order valence-corrected chi connectivity index (χ3v) is 5.48. The van der Waals surface area contributed by atoms with Crippen molar-refractivity contribution in [2.75, 3.05) is 5.32 Å². The summed E-state index contributed by atoms with van der Waals surface area (Å²) in [4.78, 5) is 18.8. The number of hydrogen-bond donors (Lipinski definition) is 1. The van der Waals surface area contributed by atoms with E-state index in [9.17, 15) is 4.79 Å². The Bertz CT molecular complexity index is 1120. The molecule has 0 saturated heterocycles. The molecular formula is C20H14N4OS2. The first kappa shape index (κ1) is 17.3. The Morgan fingerprint density at radius 2 is 1.96 bits per heavy atom. The second kappa shape index (κ2) is 7.66. The summed E-state index contributed by atoms with van der Waals surface area (Å²) in [5.41, 5.74) is 3.57. The predicted octanol–water partition coefficient (Wildman–Crippen LogP) is 4.82. The molecule has 0 radical (unpaired) electrons. The molecule has 0 bridgehead atoms. The fraction of sp³-hybridized carbons (Fsp3) is 0.0500. The number of thioether (sulfide) groups is 1. The maximum absolute atomic E-state index is 12.4. The highest BCUT2D eigenvalue weighted by molar-refractivity contribution is 8.03. The standard InChI is InChI=1S/C20H14N4OS2/c21-13-27-17-8-6-15(7-9-17)22-19(25)10-16-12-26-20-23-18(11-24(16)20)14-4-2-1-3-5-14/h1-9,11-12H,10H2,(H,22,25). The summed E-state index contributed by atoms with van der Waals surface area (Å²) in [5, 5.41) is 15.6. The van der Waals surface area contributed by atoms with E-state index in [4.69, 9.17) is 5.26 Å². The predicted molar refractivity (Wildman–Crippen MR) is 109 cm³/mol. The minimum atomic E-state index is -0.0923. The van der Waals surface area contributed by atoms with Gasteiger partial charge in [0.1, 0.15) is 5.40 Å². The minimum absolute atomic E-state index is 0.0923. The van der Waals surface area contributed by atoms with Crippen LogP contribution in [0.25, 0.3) is 16.2 Å². The van der Waals surface area contributed by atoms with Crippen LogP contribution in [-0.2, 0) is 11.2 Å². The number of nitriles is 1. The quantitative estimate of drug-likeness (QED) is 0.392. The molecule has 0 aliphatic rings. The van der Waals surface area contributed by atoms with Gasteiger partial charge in [0.2, 0.25) is 5.91 Å². The number of imidazole rings is 1. The number of thiazole rings is 1. The van der Waals surface area contributed by atoms with Crippen molar-refractivity contribution in [3.8, 4) is 16.7 Å². The Balaban J connectivity index is 1.49. The number of carbonyl (C=O) groups is 1. The van der Waals surface area contributed by atoms with E-state index in [0.717, 1.165) is 38.6 Å². The van der Waals surface area contributed by atoms with Crippen molar-refractivity contribution in [1.82, 2.24) is 9.38 Å². The van der Waals surface area contributed by atoms with E-state index in [1.165, 1.54) is 11.3 Å². The van der Waals surface area contributed by atoms with E-state index < -0.39 is 0 Å². The van der Waals surface area contributed by atoms with E-state index in [1.807, 2.05) is 63.8 Å². The van der Waals surface area contributed by atoms with Crippen molar-refractivity contribution < 1.29 is 4.79 Å². The van der Waals surface area contributed by atoms with E-state index >= 15 is 0 Å². The normalized spacial score (nSPS) is 10.6. The third-order valence-electron chi connectivity index (χ3n) is 4.00. The molecule has 5 nitrogen and oxygen atoms in total. The van der Waals surface area contributed by atoms with Crippen molar-refractivity contribution >= 4 is 39.7 Å². The van der Waals surface area contributed by atoms with Gasteiger partial charge in [-0.05, 0) is 36.0 Å². The number of nitrogens with zero attached hydrogens (tertiary/aromatic N) is 3. The maximum atomic E-state index is 12.4. The van der Waals surface area contributed by atoms with Crippen molar-refractivity contribution in [3.05, 3.63) is 71.9 Å². The van der Waals surface area contributed by atoms with Crippen LogP contribution in [0, 0.1) is 10.7 Å². The Kier molecular flexibility index (Phi) is 4.92. The average molecular weight is 390 g/mol. The van der Waals surface area contributed by atoms with Crippen LogP contribution in [0.4, 0.5) is 5.69 Å². The van der Waals surface area contributed by atoms with Crippen LogP contribution in [-0.4, -0.2) is 15.3 Å². The molecule has 1 amide bonds. The summed E-state index contributed by atoms with van der Waals surface area (Å²) < 4.78 is 1.97. The molecule has 7 heteroatoms. The minimum Gasteiger partial charge on any atom is -0.326 e. The molecule has 1 N–H and O–H groups in total. The lowest BCUT2D eigenvalue weighted by Gasteiger charge is -2.05. The van der Waals surface area contributed by atoms with Gasteiger partial charge >= 0.3 is 0 Å². The lowest BCUT2D eigenvalue weighted by Crippen LogP contribution is -2.15. The van der Waals surface area contributed by atoms with Gasteiger partial charge in [0.15, 0.2) is 4.96 Å². The first-order chi connectivity index (χ1) is 13.2. The Morgan fingerprint density at radius 1 is 1.19 bits per heavy atom. The van der Waals surface area contributed by atoms with E-state index in [2.05, 4.69) is 10.3 Å². The lowest BCUT2D eigenvalue weighted by molar-refractivity contribution is -0.115. The van der Waals surface area contributed by atoms with E-state index in [-0.39, 0.29) is 12.3 Å². The first-order valence-corrected chi connectivity index (χ1v) is 9.89. The smallest absolute Gasteiger partial charge is 0.230 e. The average Bonchev–Trinajstić information content (AvgIpc) is 3.26. The summed E-state index contributed by atoms with van der Waals surface area (Å²) in [5.74, 6) is -0.0923. The molecule has 4 aromatic rings. The van der Waals surface area contributed by atoms with Crippen molar-refractivity contribution in [2.24, 2.45) is 0 Å².